The summed E-state index contributed by atoms with van der Waals surface area (Å²) >= 11 is 0. The number of nitro groups is 1. The summed E-state index contributed by atoms with van der Waals surface area (Å²) in [7, 11) is -3.80. The Morgan fingerprint density at radius 2 is 2.00 bits per heavy atom. The third-order valence-corrected chi connectivity index (χ3v) is 3.84. The predicted octanol–water partition coefficient (Wildman–Crippen LogP) is 0.386. The maximum atomic E-state index is 11.9. The van der Waals surface area contributed by atoms with Gasteiger partial charge in [-0.2, -0.15) is 4.68 Å². The minimum atomic E-state index is -3.80. The van der Waals surface area contributed by atoms with E-state index in [1.54, 1.807) is 6.92 Å². The zero-order valence-corrected chi connectivity index (χ0v) is 12.8. The lowest BCUT2D eigenvalue weighted by atomic mass is 10.3. The van der Waals surface area contributed by atoms with E-state index >= 15 is 0 Å². The van der Waals surface area contributed by atoms with Gasteiger partial charge in [0.25, 0.3) is 0 Å². The summed E-state index contributed by atoms with van der Waals surface area (Å²) in [6.07, 6.45) is 0. The van der Waals surface area contributed by atoms with Crippen molar-refractivity contribution in [3.8, 4) is 0 Å². The molecule has 0 aliphatic heterocycles. The van der Waals surface area contributed by atoms with Crippen LogP contribution in [0.5, 0.6) is 0 Å². The van der Waals surface area contributed by atoms with Crippen LogP contribution in [0.25, 0.3) is 0 Å². The average Bonchev–Trinajstić information content (AvgIpc) is 2.80. The molecule has 1 amide bonds. The van der Waals surface area contributed by atoms with E-state index in [0.717, 1.165) is 0 Å². The molecule has 23 heavy (non-hydrogen) atoms. The number of nitrogens with one attached hydrogen (secondary N) is 1. The Kier molecular flexibility index (Phi) is 4.43. The summed E-state index contributed by atoms with van der Waals surface area (Å²) in [5.41, 5.74) is 0.832. The van der Waals surface area contributed by atoms with Gasteiger partial charge in [-0.25, -0.2) is 13.6 Å². The van der Waals surface area contributed by atoms with Crippen molar-refractivity contribution in [2.75, 3.05) is 5.32 Å². The molecular weight excluding hydrogens is 326 g/mol. The van der Waals surface area contributed by atoms with Crippen LogP contribution in [0, 0.1) is 17.0 Å². The fourth-order valence-electron chi connectivity index (χ4n) is 1.81. The number of primary sulfonamides is 1. The third-order valence-electron chi connectivity index (χ3n) is 2.92. The van der Waals surface area contributed by atoms with Crippen LogP contribution in [-0.4, -0.2) is 29.0 Å². The monoisotopic (exact) mass is 339 g/mol. The summed E-state index contributed by atoms with van der Waals surface area (Å²) in [5.74, 6) is -0.803. The third kappa shape index (κ3) is 4.11. The molecule has 1 aromatic carbocycles. The molecule has 0 aliphatic rings. The maximum absolute atomic E-state index is 11.9. The summed E-state index contributed by atoms with van der Waals surface area (Å²) in [4.78, 5) is 21.8. The van der Waals surface area contributed by atoms with Crippen LogP contribution in [-0.2, 0) is 21.4 Å². The van der Waals surface area contributed by atoms with Crippen molar-refractivity contribution in [3.63, 3.8) is 0 Å². The largest absolute Gasteiger partial charge is 0.390 e. The molecule has 3 N–H and O–H groups in total. The van der Waals surface area contributed by atoms with Gasteiger partial charge in [0.1, 0.15) is 6.54 Å². The van der Waals surface area contributed by atoms with E-state index in [0.29, 0.717) is 11.4 Å². The number of aromatic nitrogens is 2. The van der Waals surface area contributed by atoms with Crippen LogP contribution in [0.1, 0.15) is 5.69 Å². The van der Waals surface area contributed by atoms with E-state index in [9.17, 15) is 23.3 Å². The number of sulfonamides is 1. The van der Waals surface area contributed by atoms with Crippen molar-refractivity contribution in [2.24, 2.45) is 5.14 Å². The van der Waals surface area contributed by atoms with E-state index in [4.69, 9.17) is 5.14 Å². The number of anilines is 1. The predicted molar refractivity (Wildman–Crippen MR) is 80.1 cm³/mol. The van der Waals surface area contributed by atoms with Crippen LogP contribution in [0.2, 0.25) is 0 Å². The topological polar surface area (TPSA) is 150 Å². The number of carbonyl (C=O) groups excluding carboxylic acids is 1. The minimum Gasteiger partial charge on any atom is -0.358 e. The SMILES string of the molecule is Cc1cc([N+](=O)[O-])nn1CC(=O)Nc1ccc(S(N)(=O)=O)cc1. The Morgan fingerprint density at radius 1 is 1.39 bits per heavy atom. The van der Waals surface area contributed by atoms with Gasteiger partial charge in [-0.05, 0) is 36.1 Å². The Labute approximate surface area is 131 Å². The van der Waals surface area contributed by atoms with Crippen LogP contribution in [0.15, 0.2) is 35.2 Å². The van der Waals surface area contributed by atoms with Crippen LogP contribution >= 0.6 is 0 Å². The molecule has 0 spiro atoms. The lowest BCUT2D eigenvalue weighted by Crippen LogP contribution is -2.20. The Bertz CT molecular complexity index is 856. The highest BCUT2D eigenvalue weighted by molar-refractivity contribution is 7.89. The highest BCUT2D eigenvalue weighted by Crippen LogP contribution is 2.14. The van der Waals surface area contributed by atoms with Crippen molar-refractivity contribution in [3.05, 3.63) is 46.1 Å². The molecule has 0 saturated heterocycles. The van der Waals surface area contributed by atoms with Crippen molar-refractivity contribution in [1.82, 2.24) is 9.78 Å². The summed E-state index contributed by atoms with van der Waals surface area (Å²) < 4.78 is 23.5. The molecule has 1 heterocycles. The molecule has 10 nitrogen and oxygen atoms in total. The zero-order valence-electron chi connectivity index (χ0n) is 12.0. The molecule has 0 unspecified atom stereocenters. The number of hydrogen-bond acceptors (Lipinski definition) is 6. The van der Waals surface area contributed by atoms with Gasteiger partial charge in [0.2, 0.25) is 15.9 Å². The van der Waals surface area contributed by atoms with Crippen LogP contribution in [0.4, 0.5) is 11.5 Å². The summed E-state index contributed by atoms with van der Waals surface area (Å²) in [6.45, 7) is 1.38. The second-order valence-electron chi connectivity index (χ2n) is 4.68. The van der Waals surface area contributed by atoms with E-state index in [1.165, 1.54) is 35.0 Å². The quantitative estimate of drug-likeness (QED) is 0.594. The smallest absolute Gasteiger partial charge is 0.358 e. The second-order valence-corrected chi connectivity index (χ2v) is 6.24. The standard InChI is InChI=1S/C12H13N5O5S/c1-8-6-11(17(19)20)15-16(8)7-12(18)14-9-2-4-10(5-3-9)23(13,21)22/h2-6H,7H2,1H3,(H,14,18)(H2,13,21,22). The Morgan fingerprint density at radius 3 is 2.48 bits per heavy atom. The maximum Gasteiger partial charge on any atom is 0.390 e. The van der Waals surface area contributed by atoms with Gasteiger partial charge in [-0.1, -0.05) is 0 Å². The molecule has 2 rings (SSSR count). The molecule has 0 bridgehead atoms. The zero-order chi connectivity index (χ0) is 17.2. The molecule has 0 fully saturated rings. The highest BCUT2D eigenvalue weighted by Gasteiger charge is 2.17. The van der Waals surface area contributed by atoms with Gasteiger partial charge in [0, 0.05) is 5.69 Å². The molecule has 2 aromatic rings. The molecule has 0 radical (unpaired) electrons. The number of aryl methyl sites for hydroxylation is 1. The number of hydrogen-bond donors (Lipinski definition) is 2. The van der Waals surface area contributed by atoms with Gasteiger partial charge in [0.05, 0.1) is 21.8 Å². The number of nitrogens with two attached hydrogens (primary N) is 1. The van der Waals surface area contributed by atoms with E-state index in [-0.39, 0.29) is 17.3 Å². The summed E-state index contributed by atoms with van der Waals surface area (Å²) in [6, 6.07) is 6.55. The molecule has 11 heteroatoms. The lowest BCUT2D eigenvalue weighted by molar-refractivity contribution is -0.389. The molecule has 1 aromatic heterocycles. The normalized spacial score (nSPS) is 11.2. The van der Waals surface area contributed by atoms with Crippen LogP contribution in [0.3, 0.4) is 0 Å². The minimum absolute atomic E-state index is 0.0750. The highest BCUT2D eigenvalue weighted by atomic mass is 32.2. The van der Waals surface area contributed by atoms with Gasteiger partial charge in [0.15, 0.2) is 0 Å². The van der Waals surface area contributed by atoms with E-state index in [2.05, 4.69) is 10.4 Å². The van der Waals surface area contributed by atoms with Gasteiger partial charge in [-0.3, -0.25) is 4.79 Å². The molecular formula is C12H13N5O5S. The number of carbonyl (C=O) groups is 1. The van der Waals surface area contributed by atoms with Crippen LogP contribution < -0.4 is 10.5 Å². The van der Waals surface area contributed by atoms with Crippen molar-refractivity contribution in [2.45, 2.75) is 18.4 Å². The van der Waals surface area contributed by atoms with E-state index < -0.39 is 20.9 Å². The first-order valence-corrected chi connectivity index (χ1v) is 7.83. The van der Waals surface area contributed by atoms with Crippen molar-refractivity contribution in [1.29, 1.82) is 0 Å². The fraction of sp³-hybridized carbons (Fsp3) is 0.167. The molecule has 0 aliphatic carbocycles. The Balaban J connectivity index is 2.06. The molecule has 122 valence electrons. The summed E-state index contributed by atoms with van der Waals surface area (Å²) in [5, 5.41) is 21.8. The second kappa shape index (κ2) is 6.14. The van der Waals surface area contributed by atoms with Crippen molar-refractivity contribution < 1.29 is 18.1 Å². The van der Waals surface area contributed by atoms with Gasteiger partial charge < -0.3 is 15.4 Å². The number of amides is 1. The first-order valence-electron chi connectivity index (χ1n) is 6.28. The molecule has 0 atom stereocenters. The lowest BCUT2D eigenvalue weighted by Gasteiger charge is -2.05. The average molecular weight is 339 g/mol. The first kappa shape index (κ1) is 16.6. The Hall–Kier alpha value is -2.79. The van der Waals surface area contributed by atoms with E-state index in [1.807, 2.05) is 0 Å². The fourth-order valence-corrected chi connectivity index (χ4v) is 2.32. The number of benzene rings is 1. The van der Waals surface area contributed by atoms with Gasteiger partial charge >= 0.3 is 5.82 Å². The number of nitrogens with zero attached hydrogens (tertiary/aromatic N) is 3. The van der Waals surface area contributed by atoms with Gasteiger partial charge in [-0.15, -0.1) is 0 Å². The molecule has 0 saturated carbocycles. The first-order chi connectivity index (χ1) is 10.7. The van der Waals surface area contributed by atoms with Crippen molar-refractivity contribution >= 4 is 27.4 Å². The number of rotatable bonds is 5.